The minimum atomic E-state index is -1.01. The van der Waals surface area contributed by atoms with Gasteiger partial charge < -0.3 is 15.2 Å². The number of fused-ring (bicyclic) bond motifs is 1. The van der Waals surface area contributed by atoms with Crippen molar-refractivity contribution < 1.29 is 19.4 Å². The van der Waals surface area contributed by atoms with Crippen molar-refractivity contribution in [3.05, 3.63) is 76.7 Å². The summed E-state index contributed by atoms with van der Waals surface area (Å²) < 4.78 is 5.69. The van der Waals surface area contributed by atoms with E-state index in [-0.39, 0.29) is 18.1 Å². The number of nitrogens with one attached hydrogen (secondary N) is 1. The molecule has 0 saturated carbocycles. The lowest BCUT2D eigenvalue weighted by molar-refractivity contribution is -0.115. The Morgan fingerprint density at radius 2 is 1.94 bits per heavy atom. The first kappa shape index (κ1) is 20.3. The topological polar surface area (TPSA) is 88.0 Å². The van der Waals surface area contributed by atoms with Crippen molar-refractivity contribution in [2.75, 3.05) is 6.61 Å². The van der Waals surface area contributed by atoms with E-state index in [4.69, 9.17) is 16.3 Å². The summed E-state index contributed by atoms with van der Waals surface area (Å²) >= 11 is 1.20. The van der Waals surface area contributed by atoms with E-state index < -0.39 is 5.97 Å². The van der Waals surface area contributed by atoms with Gasteiger partial charge in [-0.1, -0.05) is 36.3 Å². The summed E-state index contributed by atoms with van der Waals surface area (Å²) in [5.74, 6) is 1.76. The quantitative estimate of drug-likeness (QED) is 0.463. The fraction of sp³-hybridized carbons (Fsp3) is 0.0417. The fourth-order valence-corrected chi connectivity index (χ4v) is 3.90. The minimum Gasteiger partial charge on any atom is -0.480 e. The van der Waals surface area contributed by atoms with Crippen molar-refractivity contribution in [3.8, 4) is 18.1 Å². The van der Waals surface area contributed by atoms with Gasteiger partial charge >= 0.3 is 5.97 Å². The van der Waals surface area contributed by atoms with E-state index >= 15 is 0 Å². The van der Waals surface area contributed by atoms with Crippen molar-refractivity contribution in [2.45, 2.75) is 0 Å². The molecule has 1 amide bonds. The van der Waals surface area contributed by atoms with Gasteiger partial charge in [-0.3, -0.25) is 4.79 Å². The Morgan fingerprint density at radius 3 is 2.68 bits per heavy atom. The number of hydrogen-bond donors (Lipinski definition) is 2. The molecule has 1 heterocycles. The predicted octanol–water partition coefficient (Wildman–Crippen LogP) is 4.44. The highest BCUT2D eigenvalue weighted by Crippen LogP contribution is 2.34. The van der Waals surface area contributed by atoms with E-state index in [1.54, 1.807) is 18.2 Å². The first-order chi connectivity index (χ1) is 15.0. The van der Waals surface area contributed by atoms with Crippen LogP contribution in [0.1, 0.15) is 15.9 Å². The molecule has 3 aromatic rings. The summed E-state index contributed by atoms with van der Waals surface area (Å²) in [6.07, 6.45) is 7.10. The number of amides is 1. The molecule has 0 unspecified atom stereocenters. The summed E-state index contributed by atoms with van der Waals surface area (Å²) in [6, 6.07) is 17.7. The molecule has 1 saturated heterocycles. The third kappa shape index (κ3) is 4.44. The summed E-state index contributed by atoms with van der Waals surface area (Å²) in [5, 5.41) is 14.1. The van der Waals surface area contributed by atoms with Gasteiger partial charge in [0, 0.05) is 5.56 Å². The van der Waals surface area contributed by atoms with Gasteiger partial charge in [0.1, 0.15) is 12.4 Å². The molecule has 7 heteroatoms. The van der Waals surface area contributed by atoms with Gasteiger partial charge in [0.2, 0.25) is 0 Å². The van der Waals surface area contributed by atoms with Crippen LogP contribution in [-0.2, 0) is 4.79 Å². The first-order valence-electron chi connectivity index (χ1n) is 9.26. The van der Waals surface area contributed by atoms with Crippen LogP contribution in [-0.4, -0.2) is 28.8 Å². The number of amidine groups is 1. The van der Waals surface area contributed by atoms with Crippen LogP contribution in [0.5, 0.6) is 5.75 Å². The van der Waals surface area contributed by atoms with E-state index in [0.29, 0.717) is 21.5 Å². The summed E-state index contributed by atoms with van der Waals surface area (Å²) in [5.41, 5.74) is 1.47. The molecule has 6 nitrogen and oxygen atoms in total. The zero-order chi connectivity index (χ0) is 21.8. The van der Waals surface area contributed by atoms with E-state index in [9.17, 15) is 9.59 Å². The third-order valence-electron chi connectivity index (χ3n) is 4.51. The summed E-state index contributed by atoms with van der Waals surface area (Å²) in [4.78, 5) is 28.4. The molecule has 0 atom stereocenters. The van der Waals surface area contributed by atoms with Crippen LogP contribution in [0.25, 0.3) is 16.8 Å². The maximum absolute atomic E-state index is 12.6. The van der Waals surface area contributed by atoms with Crippen LogP contribution in [0.3, 0.4) is 0 Å². The molecule has 0 spiro atoms. The maximum Gasteiger partial charge on any atom is 0.335 e. The van der Waals surface area contributed by atoms with Crippen molar-refractivity contribution >= 4 is 51.3 Å². The van der Waals surface area contributed by atoms with Crippen molar-refractivity contribution in [1.29, 1.82) is 0 Å². The van der Waals surface area contributed by atoms with E-state index in [2.05, 4.69) is 16.2 Å². The Hall–Kier alpha value is -4.02. The monoisotopic (exact) mass is 428 g/mol. The molecule has 31 heavy (non-hydrogen) atoms. The number of ether oxygens (including phenoxy) is 1. The molecule has 0 bridgehead atoms. The van der Waals surface area contributed by atoms with Crippen molar-refractivity contribution in [2.24, 2.45) is 4.99 Å². The second kappa shape index (κ2) is 8.78. The predicted molar refractivity (Wildman–Crippen MR) is 122 cm³/mol. The number of aromatic carboxylic acids is 1. The second-order valence-corrected chi connectivity index (χ2v) is 7.56. The van der Waals surface area contributed by atoms with E-state index in [0.717, 1.165) is 16.3 Å². The average Bonchev–Trinajstić information content (AvgIpc) is 3.12. The molecule has 1 fully saturated rings. The number of carboxylic acids is 1. The van der Waals surface area contributed by atoms with Crippen LogP contribution in [0.2, 0.25) is 0 Å². The standard InChI is InChI=1S/C24H16N2O4S/c1-2-13-30-20-12-9-15-5-3-4-6-18(15)19(20)14-21-22(27)26-24(31-21)25-17-10-7-16(8-11-17)23(28)29/h1,3-12,14H,13H2,(H,28,29)(H,25,26,27)/b21-14+. The van der Waals surface area contributed by atoms with Crippen LogP contribution in [0.15, 0.2) is 70.6 Å². The summed E-state index contributed by atoms with van der Waals surface area (Å²) in [7, 11) is 0. The van der Waals surface area contributed by atoms with Gasteiger partial charge in [0.15, 0.2) is 5.17 Å². The Labute approximate surface area is 182 Å². The first-order valence-corrected chi connectivity index (χ1v) is 10.1. The highest BCUT2D eigenvalue weighted by molar-refractivity contribution is 8.18. The van der Waals surface area contributed by atoms with Gasteiger partial charge in [-0.25, -0.2) is 9.79 Å². The number of aliphatic imine (C=N–C) groups is 1. The lowest BCUT2D eigenvalue weighted by Gasteiger charge is -2.10. The molecule has 152 valence electrons. The minimum absolute atomic E-state index is 0.118. The Bertz CT molecular complexity index is 1290. The number of hydrogen-bond acceptors (Lipinski definition) is 5. The Balaban J connectivity index is 1.68. The van der Waals surface area contributed by atoms with Crippen LogP contribution in [0.4, 0.5) is 5.69 Å². The Kier molecular flexibility index (Phi) is 5.74. The molecule has 2 N–H and O–H groups in total. The number of carbonyl (C=O) groups is 2. The second-order valence-electron chi connectivity index (χ2n) is 6.53. The van der Waals surface area contributed by atoms with E-state index in [1.165, 1.54) is 23.9 Å². The van der Waals surface area contributed by atoms with Gasteiger partial charge in [0.05, 0.1) is 16.2 Å². The molecule has 0 aliphatic carbocycles. The normalized spacial score (nSPS) is 15.8. The Morgan fingerprint density at radius 1 is 1.16 bits per heavy atom. The molecular weight excluding hydrogens is 412 g/mol. The molecule has 1 aliphatic heterocycles. The molecular formula is C24H16N2O4S. The third-order valence-corrected chi connectivity index (χ3v) is 5.42. The number of rotatable bonds is 5. The number of nitrogens with zero attached hydrogens (tertiary/aromatic N) is 1. The van der Waals surface area contributed by atoms with Gasteiger partial charge in [-0.05, 0) is 58.9 Å². The van der Waals surface area contributed by atoms with Gasteiger partial charge in [0.25, 0.3) is 5.91 Å². The molecule has 3 aromatic carbocycles. The van der Waals surface area contributed by atoms with Crippen LogP contribution >= 0.6 is 11.8 Å². The number of carboxylic acid groups (broad SMARTS) is 1. The number of carbonyl (C=O) groups excluding carboxylic acids is 1. The highest BCUT2D eigenvalue weighted by Gasteiger charge is 2.25. The van der Waals surface area contributed by atoms with Gasteiger partial charge in [-0.15, -0.1) is 6.42 Å². The van der Waals surface area contributed by atoms with Crippen molar-refractivity contribution in [1.82, 2.24) is 5.32 Å². The maximum atomic E-state index is 12.6. The molecule has 0 radical (unpaired) electrons. The SMILES string of the molecule is C#CCOc1ccc2ccccc2c1/C=C1/SC(=Nc2ccc(C(=O)O)cc2)NC1=O. The zero-order valence-corrected chi connectivity index (χ0v) is 17.0. The lowest BCUT2D eigenvalue weighted by atomic mass is 10.0. The number of terminal acetylenes is 1. The highest BCUT2D eigenvalue weighted by atomic mass is 32.2. The van der Waals surface area contributed by atoms with Crippen LogP contribution < -0.4 is 10.1 Å². The number of thioether (sulfide) groups is 1. The zero-order valence-electron chi connectivity index (χ0n) is 16.2. The van der Waals surface area contributed by atoms with Gasteiger partial charge in [-0.2, -0.15) is 0 Å². The van der Waals surface area contributed by atoms with Crippen molar-refractivity contribution in [3.63, 3.8) is 0 Å². The smallest absolute Gasteiger partial charge is 0.335 e. The fourth-order valence-electron chi connectivity index (χ4n) is 3.08. The number of benzene rings is 3. The molecule has 0 aromatic heterocycles. The van der Waals surface area contributed by atoms with E-state index in [1.807, 2.05) is 36.4 Å². The lowest BCUT2D eigenvalue weighted by Crippen LogP contribution is -2.19. The average molecular weight is 428 g/mol. The molecule has 4 rings (SSSR count). The largest absolute Gasteiger partial charge is 0.480 e. The molecule has 1 aliphatic rings. The summed E-state index contributed by atoms with van der Waals surface area (Å²) in [6.45, 7) is 0.118. The van der Waals surface area contributed by atoms with Crippen LogP contribution in [0, 0.1) is 12.3 Å².